The summed E-state index contributed by atoms with van der Waals surface area (Å²) in [4.78, 5) is 36.0. The first-order chi connectivity index (χ1) is 23.3. The van der Waals surface area contributed by atoms with Gasteiger partial charge in [0.2, 0.25) is 5.88 Å². The van der Waals surface area contributed by atoms with Gasteiger partial charge in [-0.05, 0) is 97.3 Å². The summed E-state index contributed by atoms with van der Waals surface area (Å²) in [6.45, 7) is 18.6. The highest BCUT2D eigenvalue weighted by atomic mass is 35.5. The Labute approximate surface area is 300 Å². The van der Waals surface area contributed by atoms with Crippen LogP contribution in [0.1, 0.15) is 83.5 Å². The van der Waals surface area contributed by atoms with E-state index in [1.54, 1.807) is 0 Å². The molecule has 2 fully saturated rings. The second-order valence-electron chi connectivity index (χ2n) is 14.2. The molecule has 3 heterocycles. The molecule has 2 aromatic heterocycles. The van der Waals surface area contributed by atoms with E-state index in [0.717, 1.165) is 31.2 Å². The molecule has 1 aliphatic carbocycles. The van der Waals surface area contributed by atoms with E-state index in [2.05, 4.69) is 52.1 Å². The van der Waals surface area contributed by atoms with Crippen molar-refractivity contribution in [1.29, 1.82) is 0 Å². The first kappa shape index (κ1) is 39.1. The van der Waals surface area contributed by atoms with Crippen molar-refractivity contribution < 1.29 is 32.2 Å². The summed E-state index contributed by atoms with van der Waals surface area (Å²) in [6.07, 6.45) is 1.25. The third kappa shape index (κ3) is 10.4. The zero-order chi connectivity index (χ0) is 36.9. The average molecular weight is 740 g/mol. The topological polar surface area (TPSA) is 123 Å². The van der Waals surface area contributed by atoms with Crippen LogP contribution in [0.15, 0.2) is 54.4 Å². The Morgan fingerprint density at radius 3 is 2.56 bits per heavy atom. The smallest absolute Gasteiger partial charge is 0.410 e. The Kier molecular flexibility index (Phi) is 12.2. The molecule has 1 unspecified atom stereocenters. The van der Waals surface area contributed by atoms with E-state index in [9.17, 15) is 22.8 Å². The quantitative estimate of drug-likeness (QED) is 0.0700. The van der Waals surface area contributed by atoms with Gasteiger partial charge in [0.25, 0.3) is 5.91 Å². The lowest BCUT2D eigenvalue weighted by molar-refractivity contribution is -0.190. The number of halogens is 4. The van der Waals surface area contributed by atoms with Crippen LogP contribution in [0.3, 0.4) is 0 Å². The molecule has 2 N–H and O–H groups in total. The number of aromatic nitrogens is 3. The number of nitrogens with zero attached hydrogens (tertiary/aromatic N) is 5. The average Bonchev–Trinajstić information content (AvgIpc) is 3.56. The maximum atomic E-state index is 13.1. The zero-order valence-electron chi connectivity index (χ0n) is 29.0. The fourth-order valence-corrected chi connectivity index (χ4v) is 6.47. The number of rotatable bonds is 13. The van der Waals surface area contributed by atoms with Crippen molar-refractivity contribution in [2.75, 3.05) is 19.7 Å². The minimum atomic E-state index is -4.24. The molecular formula is C34H45ClF3N7O4S. The summed E-state index contributed by atoms with van der Waals surface area (Å²) in [5, 5.41) is 7.69. The number of hydrogen-bond donors (Lipinski definition) is 2. The highest BCUT2D eigenvalue weighted by molar-refractivity contribution is 8.13. The molecule has 0 aromatic carbocycles. The van der Waals surface area contributed by atoms with Crippen LogP contribution < -0.4 is 14.8 Å². The maximum absolute atomic E-state index is 13.1. The summed E-state index contributed by atoms with van der Waals surface area (Å²) in [5.74, 6) is 0.677. The van der Waals surface area contributed by atoms with Crippen LogP contribution in [0.25, 0.3) is 5.82 Å². The Hall–Kier alpha value is -3.72. The molecule has 2 aromatic rings. The number of carbonyl (C=O) groups is 2. The summed E-state index contributed by atoms with van der Waals surface area (Å²) in [7, 11) is 0. The van der Waals surface area contributed by atoms with Gasteiger partial charge in [0.05, 0.1) is 17.6 Å². The van der Waals surface area contributed by atoms with Crippen LogP contribution in [0.4, 0.5) is 18.0 Å². The molecule has 50 heavy (non-hydrogen) atoms. The molecule has 0 spiro atoms. The van der Waals surface area contributed by atoms with Crippen molar-refractivity contribution in [2.45, 2.75) is 90.5 Å². The van der Waals surface area contributed by atoms with Crippen LogP contribution in [-0.2, 0) is 4.74 Å². The molecule has 2 amide bonds. The van der Waals surface area contributed by atoms with E-state index in [0.29, 0.717) is 29.9 Å². The number of alkyl halides is 3. The third-order valence-electron chi connectivity index (χ3n) is 8.52. The van der Waals surface area contributed by atoms with Gasteiger partial charge in [-0.15, -0.1) is 5.10 Å². The number of carbonyl (C=O) groups excluding carboxylic acids is 2. The normalized spacial score (nSPS) is 18.4. The monoisotopic (exact) mass is 739 g/mol. The lowest BCUT2D eigenvalue weighted by atomic mass is 9.93. The van der Waals surface area contributed by atoms with E-state index in [1.807, 2.05) is 25.7 Å². The van der Waals surface area contributed by atoms with Crippen molar-refractivity contribution in [1.82, 2.24) is 29.7 Å². The molecule has 1 atom stereocenters. The SMILES string of the molecule is C=C/C(=N\C(=C)NCCCC1CN(C(=O)OC(C)(C)C)C(C)(C)C1)SNC(=O)c1ccc(-n2ccc(OCCC3(C(F)(F)F)CC3)n2)nc1Cl. The third-order valence-corrected chi connectivity index (χ3v) is 9.57. The number of pyridine rings is 1. The van der Waals surface area contributed by atoms with Gasteiger partial charge in [0.1, 0.15) is 21.6 Å². The summed E-state index contributed by atoms with van der Waals surface area (Å²) in [5.41, 5.74) is -2.36. The number of ether oxygens (including phenoxy) is 2. The molecule has 1 aliphatic heterocycles. The number of amides is 2. The standard InChI is InChI=1S/C34H45ClF3N7O4S/c1-8-27(40-22(2)39-17-9-10-23-20-32(6,7)44(21-23)30(47)49-31(3,4)5)50-43-29(46)24-11-12-25(41-28(24)35)45-18-13-26(42-45)48-19-16-33(14-15-33)34(36,37)38/h8,11-13,18,23,39H,1-2,9-10,14-17,19-21H2,3-7H3,(H,43,46)/b40-27+. The van der Waals surface area contributed by atoms with Gasteiger partial charge in [-0.1, -0.05) is 24.8 Å². The largest absolute Gasteiger partial charge is 0.477 e. The Morgan fingerprint density at radius 2 is 1.94 bits per heavy atom. The number of aliphatic imine (C=N–C) groups is 1. The predicted octanol–water partition coefficient (Wildman–Crippen LogP) is 7.87. The van der Waals surface area contributed by atoms with Gasteiger partial charge >= 0.3 is 12.3 Å². The molecule has 274 valence electrons. The second-order valence-corrected chi connectivity index (χ2v) is 15.3. The van der Waals surface area contributed by atoms with Crippen molar-refractivity contribution in [3.05, 3.63) is 60.2 Å². The molecule has 2 aliphatic rings. The van der Waals surface area contributed by atoms with Crippen molar-refractivity contribution >= 4 is 40.6 Å². The predicted molar refractivity (Wildman–Crippen MR) is 188 cm³/mol. The summed E-state index contributed by atoms with van der Waals surface area (Å²) >= 11 is 7.26. The minimum Gasteiger partial charge on any atom is -0.477 e. The first-order valence-electron chi connectivity index (χ1n) is 16.4. The Morgan fingerprint density at radius 1 is 1.22 bits per heavy atom. The van der Waals surface area contributed by atoms with Crippen molar-refractivity contribution in [3.8, 4) is 11.7 Å². The fraction of sp³-hybridized carbons (Fsp3) is 0.559. The molecule has 4 rings (SSSR count). The first-order valence-corrected chi connectivity index (χ1v) is 17.6. The molecule has 1 saturated carbocycles. The fourth-order valence-electron chi connectivity index (χ4n) is 5.69. The van der Waals surface area contributed by atoms with Crippen molar-refractivity contribution in [3.63, 3.8) is 0 Å². The van der Waals surface area contributed by atoms with Gasteiger partial charge in [-0.25, -0.2) is 19.5 Å². The highest BCUT2D eigenvalue weighted by Crippen LogP contribution is 2.59. The van der Waals surface area contributed by atoms with Gasteiger partial charge < -0.3 is 19.7 Å². The molecule has 11 nitrogen and oxygen atoms in total. The van der Waals surface area contributed by atoms with E-state index < -0.39 is 23.1 Å². The van der Waals surface area contributed by atoms with Crippen LogP contribution >= 0.6 is 23.5 Å². The number of nitrogens with one attached hydrogen (secondary N) is 2. The van der Waals surface area contributed by atoms with E-state index in [4.69, 9.17) is 21.1 Å². The van der Waals surface area contributed by atoms with Gasteiger partial charge in [-0.3, -0.25) is 9.52 Å². The van der Waals surface area contributed by atoms with Crippen LogP contribution in [0.2, 0.25) is 5.15 Å². The lowest BCUT2D eigenvalue weighted by Crippen LogP contribution is -2.45. The molecule has 16 heteroatoms. The lowest BCUT2D eigenvalue weighted by Gasteiger charge is -2.33. The Bertz CT molecular complexity index is 1600. The van der Waals surface area contributed by atoms with E-state index >= 15 is 0 Å². The summed E-state index contributed by atoms with van der Waals surface area (Å²) in [6, 6.07) is 4.52. The van der Waals surface area contributed by atoms with Gasteiger partial charge in [0, 0.05) is 42.8 Å². The summed E-state index contributed by atoms with van der Waals surface area (Å²) < 4.78 is 54.5. The number of hydrogen-bond acceptors (Lipinski definition) is 9. The maximum Gasteiger partial charge on any atom is 0.410 e. The Balaban J connectivity index is 1.20. The minimum absolute atomic E-state index is 0.0811. The molecule has 1 saturated heterocycles. The molecule has 0 bridgehead atoms. The zero-order valence-corrected chi connectivity index (χ0v) is 30.6. The van der Waals surface area contributed by atoms with Crippen molar-refractivity contribution in [2.24, 2.45) is 16.3 Å². The van der Waals surface area contributed by atoms with Crippen LogP contribution in [0, 0.1) is 11.3 Å². The second kappa shape index (κ2) is 15.7. The number of likely N-dealkylation sites (tertiary alicyclic amines) is 1. The highest BCUT2D eigenvalue weighted by Gasteiger charge is 2.62. The molecule has 0 radical (unpaired) electrons. The van der Waals surface area contributed by atoms with Gasteiger partial charge in [0.15, 0.2) is 5.82 Å². The van der Waals surface area contributed by atoms with Gasteiger partial charge in [-0.2, -0.15) is 13.2 Å². The van der Waals surface area contributed by atoms with E-state index in [-0.39, 0.29) is 59.9 Å². The van der Waals surface area contributed by atoms with Crippen LogP contribution in [0.5, 0.6) is 5.88 Å². The molecular weight excluding hydrogens is 695 g/mol. The van der Waals surface area contributed by atoms with E-state index in [1.165, 1.54) is 35.2 Å². The van der Waals surface area contributed by atoms with Crippen LogP contribution in [-0.4, -0.2) is 73.7 Å².